The molecule has 0 bridgehead atoms. The van der Waals surface area contributed by atoms with E-state index in [1.807, 2.05) is 48.5 Å². The van der Waals surface area contributed by atoms with E-state index < -0.39 is 0 Å². The summed E-state index contributed by atoms with van der Waals surface area (Å²) in [6, 6.07) is 19.4. The summed E-state index contributed by atoms with van der Waals surface area (Å²) in [6.07, 6.45) is 5.91. The monoisotopic (exact) mass is 458 g/mol. The molecule has 0 saturated carbocycles. The number of ether oxygens (including phenoxy) is 1. The van der Waals surface area contributed by atoms with Crippen LogP contribution in [0.5, 0.6) is 5.75 Å². The van der Waals surface area contributed by atoms with Crippen molar-refractivity contribution >= 4 is 23.0 Å². The molecule has 0 spiro atoms. The van der Waals surface area contributed by atoms with E-state index in [-0.39, 0.29) is 18.5 Å². The Morgan fingerprint density at radius 1 is 1.06 bits per heavy atom. The highest BCUT2D eigenvalue weighted by molar-refractivity contribution is 6.03. The van der Waals surface area contributed by atoms with Crippen LogP contribution in [0.4, 0.5) is 11.4 Å². The highest BCUT2D eigenvalue weighted by atomic mass is 16.5. The summed E-state index contributed by atoms with van der Waals surface area (Å²) in [6.45, 7) is 2.26. The first-order valence-electron chi connectivity index (χ1n) is 11.9. The lowest BCUT2D eigenvalue weighted by Crippen LogP contribution is -2.33. The first kappa shape index (κ1) is 22.1. The van der Waals surface area contributed by atoms with Crippen molar-refractivity contribution in [1.82, 2.24) is 5.01 Å². The van der Waals surface area contributed by atoms with Gasteiger partial charge in [0, 0.05) is 19.5 Å². The van der Waals surface area contributed by atoms with Gasteiger partial charge in [0.15, 0.2) is 0 Å². The van der Waals surface area contributed by atoms with E-state index in [0.29, 0.717) is 6.42 Å². The standard InChI is InChI=1S/C27H30N4O3/c1-33-21-13-11-20(12-14-21)23-18-25(26-10-7-17-34-26)31(29-23)27(32)19-28-22-8-3-4-9-24(22)30-15-5-2-6-16-30/h3-4,7-14,17,25,28H,2,5-6,15-16,18-19H2,1H3. The Morgan fingerprint density at radius 2 is 1.85 bits per heavy atom. The SMILES string of the molecule is COc1ccc(C2=NN(C(=O)CNc3ccccc3N3CCCCC3)C(c3ccco3)C2)cc1. The lowest BCUT2D eigenvalue weighted by molar-refractivity contribution is -0.131. The van der Waals surface area contributed by atoms with E-state index >= 15 is 0 Å². The molecule has 2 aliphatic rings. The average molecular weight is 459 g/mol. The normalized spacial score (nSPS) is 18.0. The summed E-state index contributed by atoms with van der Waals surface area (Å²) in [5, 5.41) is 9.66. The minimum atomic E-state index is -0.265. The van der Waals surface area contributed by atoms with Crippen molar-refractivity contribution in [1.29, 1.82) is 0 Å². The molecule has 0 radical (unpaired) electrons. The molecule has 176 valence electrons. The van der Waals surface area contributed by atoms with E-state index in [9.17, 15) is 4.79 Å². The molecule has 3 aromatic rings. The number of benzene rings is 2. The average Bonchev–Trinajstić information content (AvgIpc) is 3.58. The first-order chi connectivity index (χ1) is 16.7. The van der Waals surface area contributed by atoms with Gasteiger partial charge >= 0.3 is 0 Å². The van der Waals surface area contributed by atoms with E-state index in [1.54, 1.807) is 18.4 Å². The Labute approximate surface area is 200 Å². The van der Waals surface area contributed by atoms with Gasteiger partial charge in [-0.25, -0.2) is 5.01 Å². The van der Waals surface area contributed by atoms with Crippen LogP contribution in [0.1, 0.15) is 43.0 Å². The van der Waals surface area contributed by atoms with Crippen molar-refractivity contribution in [2.24, 2.45) is 5.10 Å². The van der Waals surface area contributed by atoms with Crippen LogP contribution in [0.3, 0.4) is 0 Å². The number of hydrazone groups is 1. The molecule has 34 heavy (non-hydrogen) atoms. The van der Waals surface area contributed by atoms with E-state index in [0.717, 1.165) is 47.2 Å². The number of carbonyl (C=O) groups is 1. The molecule has 1 amide bonds. The van der Waals surface area contributed by atoms with E-state index in [4.69, 9.17) is 14.3 Å². The maximum absolute atomic E-state index is 13.4. The zero-order valence-electron chi connectivity index (χ0n) is 19.4. The molecule has 3 heterocycles. The minimum absolute atomic E-state index is 0.0987. The van der Waals surface area contributed by atoms with Gasteiger partial charge in [-0.05, 0) is 73.4 Å². The summed E-state index contributed by atoms with van der Waals surface area (Å²) >= 11 is 0. The molecule has 1 unspecified atom stereocenters. The van der Waals surface area contributed by atoms with Gasteiger partial charge in [-0.15, -0.1) is 0 Å². The second-order valence-corrected chi connectivity index (χ2v) is 8.67. The fraction of sp³-hybridized carbons (Fsp3) is 0.333. The van der Waals surface area contributed by atoms with Crippen molar-refractivity contribution < 1.29 is 13.9 Å². The highest BCUT2D eigenvalue weighted by Gasteiger charge is 2.34. The molecule has 1 aromatic heterocycles. The second-order valence-electron chi connectivity index (χ2n) is 8.67. The number of hydrogen-bond donors (Lipinski definition) is 1. The van der Waals surface area contributed by atoms with Crippen LogP contribution in [0.2, 0.25) is 0 Å². The van der Waals surface area contributed by atoms with E-state index in [2.05, 4.69) is 22.3 Å². The van der Waals surface area contributed by atoms with Gasteiger partial charge in [0.2, 0.25) is 0 Å². The summed E-state index contributed by atoms with van der Waals surface area (Å²) in [7, 11) is 1.64. The van der Waals surface area contributed by atoms with Gasteiger partial charge in [0.1, 0.15) is 17.6 Å². The lowest BCUT2D eigenvalue weighted by atomic mass is 10.0. The molecular formula is C27H30N4O3. The molecule has 7 nitrogen and oxygen atoms in total. The van der Waals surface area contributed by atoms with Gasteiger partial charge in [-0.2, -0.15) is 5.10 Å². The number of carbonyl (C=O) groups excluding carboxylic acids is 1. The number of rotatable bonds is 7. The maximum Gasteiger partial charge on any atom is 0.262 e. The number of piperidine rings is 1. The first-order valence-corrected chi connectivity index (χ1v) is 11.9. The van der Waals surface area contributed by atoms with Crippen LogP contribution < -0.4 is 15.0 Å². The Bertz CT molecular complexity index is 1130. The lowest BCUT2D eigenvalue weighted by Gasteiger charge is -2.30. The van der Waals surface area contributed by atoms with Crippen molar-refractivity contribution in [3.05, 3.63) is 78.3 Å². The van der Waals surface area contributed by atoms with Crippen molar-refractivity contribution in [2.75, 3.05) is 37.0 Å². The fourth-order valence-corrected chi connectivity index (χ4v) is 4.69. The minimum Gasteiger partial charge on any atom is -0.497 e. The number of para-hydroxylation sites is 2. The third-order valence-electron chi connectivity index (χ3n) is 6.49. The van der Waals surface area contributed by atoms with Crippen LogP contribution in [0.15, 0.2) is 76.4 Å². The molecule has 1 fully saturated rings. The molecule has 0 aliphatic carbocycles. The third kappa shape index (κ3) is 4.64. The van der Waals surface area contributed by atoms with Crippen LogP contribution in [-0.4, -0.2) is 43.4 Å². The van der Waals surface area contributed by atoms with Gasteiger partial charge in [-0.3, -0.25) is 4.79 Å². The van der Waals surface area contributed by atoms with Crippen LogP contribution in [-0.2, 0) is 4.79 Å². The summed E-state index contributed by atoms with van der Waals surface area (Å²) in [5.74, 6) is 1.42. The Balaban J connectivity index is 1.34. The third-order valence-corrected chi connectivity index (χ3v) is 6.49. The molecule has 1 atom stereocenters. The fourth-order valence-electron chi connectivity index (χ4n) is 4.69. The van der Waals surface area contributed by atoms with Gasteiger partial charge in [0.05, 0.1) is 37.0 Å². The van der Waals surface area contributed by atoms with Gasteiger partial charge in [0.25, 0.3) is 5.91 Å². The molecular weight excluding hydrogens is 428 g/mol. The number of nitrogens with zero attached hydrogens (tertiary/aromatic N) is 3. The van der Waals surface area contributed by atoms with Crippen molar-refractivity contribution in [2.45, 2.75) is 31.7 Å². The smallest absolute Gasteiger partial charge is 0.262 e. The topological polar surface area (TPSA) is 70.3 Å². The predicted octanol–water partition coefficient (Wildman–Crippen LogP) is 5.07. The predicted molar refractivity (Wildman–Crippen MR) is 133 cm³/mol. The Morgan fingerprint density at radius 3 is 2.59 bits per heavy atom. The highest BCUT2D eigenvalue weighted by Crippen LogP contribution is 2.34. The summed E-state index contributed by atoms with van der Waals surface area (Å²) in [4.78, 5) is 15.8. The van der Waals surface area contributed by atoms with Crippen molar-refractivity contribution in [3.63, 3.8) is 0 Å². The number of methoxy groups -OCH3 is 1. The molecule has 2 aliphatic heterocycles. The van der Waals surface area contributed by atoms with Crippen LogP contribution in [0, 0.1) is 0 Å². The van der Waals surface area contributed by atoms with Crippen molar-refractivity contribution in [3.8, 4) is 5.75 Å². The molecule has 5 rings (SSSR count). The number of amides is 1. The van der Waals surface area contributed by atoms with Crippen LogP contribution in [0.25, 0.3) is 0 Å². The zero-order valence-corrected chi connectivity index (χ0v) is 19.4. The molecule has 7 heteroatoms. The molecule has 1 N–H and O–H groups in total. The maximum atomic E-state index is 13.4. The number of furan rings is 1. The van der Waals surface area contributed by atoms with Gasteiger partial charge in [-0.1, -0.05) is 12.1 Å². The molecule has 2 aromatic carbocycles. The summed E-state index contributed by atoms with van der Waals surface area (Å²) < 4.78 is 10.9. The Hall–Kier alpha value is -3.74. The number of anilines is 2. The number of hydrogen-bond acceptors (Lipinski definition) is 6. The quantitative estimate of drug-likeness (QED) is 0.535. The number of nitrogens with one attached hydrogen (secondary N) is 1. The Kier molecular flexibility index (Phi) is 6.51. The largest absolute Gasteiger partial charge is 0.497 e. The molecule has 1 saturated heterocycles. The summed E-state index contributed by atoms with van der Waals surface area (Å²) in [5.41, 5.74) is 3.95. The zero-order chi connectivity index (χ0) is 23.3. The second kappa shape index (κ2) is 10.0. The van der Waals surface area contributed by atoms with E-state index in [1.165, 1.54) is 19.3 Å². The van der Waals surface area contributed by atoms with Crippen LogP contribution >= 0.6 is 0 Å². The van der Waals surface area contributed by atoms with Gasteiger partial charge < -0.3 is 19.4 Å².